The molecular formula is C20H28N4O3. The van der Waals surface area contributed by atoms with Gasteiger partial charge >= 0.3 is 0 Å². The highest BCUT2D eigenvalue weighted by Crippen LogP contribution is 2.27. The molecule has 2 aromatic rings. The Kier molecular flexibility index (Phi) is 6.25. The van der Waals surface area contributed by atoms with Gasteiger partial charge in [0.2, 0.25) is 11.8 Å². The predicted molar refractivity (Wildman–Crippen MR) is 105 cm³/mol. The first-order valence-electron chi connectivity index (χ1n) is 8.94. The number of hydrogen-bond acceptors (Lipinski definition) is 4. The third kappa shape index (κ3) is 5.09. The van der Waals surface area contributed by atoms with Gasteiger partial charge in [-0.3, -0.25) is 9.59 Å². The van der Waals surface area contributed by atoms with E-state index in [9.17, 15) is 9.59 Å². The minimum atomic E-state index is -0.269. The maximum absolute atomic E-state index is 12.4. The van der Waals surface area contributed by atoms with Gasteiger partial charge in [-0.15, -0.1) is 0 Å². The molecule has 1 heterocycles. The number of anilines is 1. The van der Waals surface area contributed by atoms with Crippen LogP contribution >= 0.6 is 0 Å². The number of carbonyl (C=O) groups is 2. The van der Waals surface area contributed by atoms with Gasteiger partial charge in [-0.1, -0.05) is 27.7 Å². The Balaban J connectivity index is 2.32. The second kappa shape index (κ2) is 8.24. The van der Waals surface area contributed by atoms with Gasteiger partial charge in [-0.2, -0.15) is 5.10 Å². The molecule has 2 amide bonds. The number of carbonyl (C=O) groups excluding carboxylic acids is 2. The Hall–Kier alpha value is -2.83. The van der Waals surface area contributed by atoms with Crippen LogP contribution in [0, 0.1) is 0 Å². The van der Waals surface area contributed by atoms with Crippen molar-refractivity contribution >= 4 is 17.6 Å². The number of methoxy groups -OCH3 is 1. The van der Waals surface area contributed by atoms with Crippen LogP contribution in [0.5, 0.6) is 5.75 Å². The lowest BCUT2D eigenvalue weighted by Gasteiger charge is -2.16. The molecule has 7 nitrogen and oxygen atoms in total. The fourth-order valence-electron chi connectivity index (χ4n) is 2.51. The zero-order valence-corrected chi connectivity index (χ0v) is 16.9. The third-order valence-corrected chi connectivity index (χ3v) is 4.17. The van der Waals surface area contributed by atoms with Crippen molar-refractivity contribution in [3.63, 3.8) is 0 Å². The number of benzene rings is 1. The number of aromatic nitrogens is 2. The van der Waals surface area contributed by atoms with Crippen molar-refractivity contribution in [2.45, 2.75) is 39.5 Å². The molecule has 0 unspecified atom stereocenters. The van der Waals surface area contributed by atoms with E-state index in [4.69, 9.17) is 4.74 Å². The van der Waals surface area contributed by atoms with Gasteiger partial charge in [0.15, 0.2) is 0 Å². The molecule has 0 atom stereocenters. The summed E-state index contributed by atoms with van der Waals surface area (Å²) >= 11 is 0. The maximum Gasteiger partial charge on any atom is 0.245 e. The van der Waals surface area contributed by atoms with Gasteiger partial charge in [0.25, 0.3) is 0 Å². The Morgan fingerprint density at radius 2 is 1.85 bits per heavy atom. The Morgan fingerprint density at radius 1 is 1.22 bits per heavy atom. The molecule has 0 aliphatic rings. The lowest BCUT2D eigenvalue weighted by molar-refractivity contribution is -0.133. The van der Waals surface area contributed by atoms with Crippen molar-refractivity contribution in [3.05, 3.63) is 36.0 Å². The molecule has 1 aromatic carbocycles. The van der Waals surface area contributed by atoms with E-state index in [1.165, 1.54) is 4.90 Å². The number of likely N-dealkylation sites (N-methyl/N-ethyl adjacent to an activating group) is 1. The highest BCUT2D eigenvalue weighted by molar-refractivity contribution is 5.94. The summed E-state index contributed by atoms with van der Waals surface area (Å²) in [6.07, 6.45) is 0.363. The summed E-state index contributed by atoms with van der Waals surface area (Å²) in [4.78, 5) is 25.5. The molecule has 2 rings (SSSR count). The highest BCUT2D eigenvalue weighted by atomic mass is 16.5. The maximum atomic E-state index is 12.4. The van der Waals surface area contributed by atoms with Crippen LogP contribution in [0.15, 0.2) is 30.3 Å². The molecule has 0 radical (unpaired) electrons. The fourth-order valence-corrected chi connectivity index (χ4v) is 2.51. The number of nitrogens with zero attached hydrogens (tertiary/aromatic N) is 3. The average molecular weight is 372 g/mol. The van der Waals surface area contributed by atoms with Crippen molar-refractivity contribution in [1.82, 2.24) is 14.7 Å². The molecule has 0 spiro atoms. The van der Waals surface area contributed by atoms with Gasteiger partial charge in [-0.25, -0.2) is 4.68 Å². The van der Waals surface area contributed by atoms with Gasteiger partial charge < -0.3 is 15.0 Å². The highest BCUT2D eigenvalue weighted by Gasteiger charge is 2.22. The Morgan fingerprint density at radius 3 is 2.37 bits per heavy atom. The van der Waals surface area contributed by atoms with Gasteiger partial charge in [0.1, 0.15) is 11.6 Å². The normalized spacial score (nSPS) is 11.2. The number of nitrogens with one attached hydrogen (secondary N) is 1. The molecule has 0 saturated carbocycles. The molecule has 1 aromatic heterocycles. The van der Waals surface area contributed by atoms with Crippen LogP contribution in [0.4, 0.5) is 5.82 Å². The molecule has 0 fully saturated rings. The first-order valence-corrected chi connectivity index (χ1v) is 8.94. The van der Waals surface area contributed by atoms with Crippen LogP contribution in [0.3, 0.4) is 0 Å². The zero-order chi connectivity index (χ0) is 20.2. The van der Waals surface area contributed by atoms with Crippen molar-refractivity contribution in [2.75, 3.05) is 26.0 Å². The minimum absolute atomic E-state index is 0.00861. The molecule has 27 heavy (non-hydrogen) atoms. The predicted octanol–water partition coefficient (Wildman–Crippen LogP) is 2.99. The van der Waals surface area contributed by atoms with Crippen LogP contribution in [-0.2, 0) is 15.0 Å². The first kappa shape index (κ1) is 20.5. The summed E-state index contributed by atoms with van der Waals surface area (Å²) in [7, 11) is 3.23. The topological polar surface area (TPSA) is 76.5 Å². The Labute approximate surface area is 160 Å². The first-order chi connectivity index (χ1) is 12.7. The molecular weight excluding hydrogens is 344 g/mol. The van der Waals surface area contributed by atoms with Gasteiger partial charge in [0.05, 0.1) is 25.0 Å². The van der Waals surface area contributed by atoms with Crippen LogP contribution in [0.1, 0.15) is 39.8 Å². The van der Waals surface area contributed by atoms with Crippen molar-refractivity contribution in [2.24, 2.45) is 0 Å². The van der Waals surface area contributed by atoms with E-state index in [1.807, 2.05) is 30.3 Å². The summed E-state index contributed by atoms with van der Waals surface area (Å²) in [5.74, 6) is 0.957. The summed E-state index contributed by atoms with van der Waals surface area (Å²) in [6.45, 7) is 7.95. The second-order valence-electron chi connectivity index (χ2n) is 7.43. The fraction of sp³-hybridized carbons (Fsp3) is 0.450. The molecule has 0 bridgehead atoms. The SMILES string of the molecule is CCC(=O)N(C)CC(=O)Nc1cc(C(C)(C)C)nn1-c1ccc(OC)cc1. The molecule has 1 N–H and O–H groups in total. The largest absolute Gasteiger partial charge is 0.497 e. The summed E-state index contributed by atoms with van der Waals surface area (Å²) in [6, 6.07) is 9.30. The van der Waals surface area contributed by atoms with Crippen LogP contribution in [0.2, 0.25) is 0 Å². The lowest BCUT2D eigenvalue weighted by atomic mass is 9.92. The third-order valence-electron chi connectivity index (χ3n) is 4.17. The van der Waals surface area contributed by atoms with E-state index in [0.717, 1.165) is 17.1 Å². The molecule has 0 saturated heterocycles. The van der Waals surface area contributed by atoms with E-state index in [0.29, 0.717) is 12.2 Å². The van der Waals surface area contributed by atoms with Crippen LogP contribution in [-0.4, -0.2) is 47.2 Å². The lowest BCUT2D eigenvalue weighted by Crippen LogP contribution is -2.34. The quantitative estimate of drug-likeness (QED) is 0.846. The monoisotopic (exact) mass is 372 g/mol. The van der Waals surface area contributed by atoms with E-state index in [-0.39, 0.29) is 23.8 Å². The molecule has 7 heteroatoms. The number of hydrogen-bond donors (Lipinski definition) is 1. The minimum Gasteiger partial charge on any atom is -0.497 e. The van der Waals surface area contributed by atoms with E-state index < -0.39 is 0 Å². The number of rotatable bonds is 6. The standard InChI is InChI=1S/C20H28N4O3/c1-7-19(26)23(5)13-18(25)21-17-12-16(20(2,3)4)22-24(17)14-8-10-15(27-6)11-9-14/h8-12H,7,13H2,1-6H3,(H,21,25). The number of amides is 2. The van der Waals surface area contributed by atoms with E-state index in [1.54, 1.807) is 25.8 Å². The smallest absolute Gasteiger partial charge is 0.245 e. The second-order valence-corrected chi connectivity index (χ2v) is 7.43. The van der Waals surface area contributed by atoms with Gasteiger partial charge in [0, 0.05) is 24.9 Å². The van der Waals surface area contributed by atoms with Crippen LogP contribution < -0.4 is 10.1 Å². The summed E-state index contributed by atoms with van der Waals surface area (Å²) in [5, 5.41) is 7.55. The van der Waals surface area contributed by atoms with E-state index in [2.05, 4.69) is 31.2 Å². The van der Waals surface area contributed by atoms with Crippen molar-refractivity contribution in [3.8, 4) is 11.4 Å². The zero-order valence-electron chi connectivity index (χ0n) is 16.9. The van der Waals surface area contributed by atoms with E-state index >= 15 is 0 Å². The van der Waals surface area contributed by atoms with Crippen molar-refractivity contribution in [1.29, 1.82) is 0 Å². The van der Waals surface area contributed by atoms with Gasteiger partial charge in [-0.05, 0) is 24.3 Å². The number of ether oxygens (including phenoxy) is 1. The average Bonchev–Trinajstić information content (AvgIpc) is 3.04. The molecule has 146 valence electrons. The Bertz CT molecular complexity index is 804. The van der Waals surface area contributed by atoms with Crippen molar-refractivity contribution < 1.29 is 14.3 Å². The van der Waals surface area contributed by atoms with Crippen LogP contribution in [0.25, 0.3) is 5.69 Å². The summed E-state index contributed by atoms with van der Waals surface area (Å²) < 4.78 is 6.89. The summed E-state index contributed by atoms with van der Waals surface area (Å²) in [5.41, 5.74) is 1.48. The molecule has 0 aliphatic heterocycles. The molecule has 0 aliphatic carbocycles.